The zero-order valence-corrected chi connectivity index (χ0v) is 11.6. The molecule has 0 radical (unpaired) electrons. The molecule has 0 saturated carbocycles. The van der Waals surface area contributed by atoms with Crippen LogP contribution in [0.3, 0.4) is 0 Å². The van der Waals surface area contributed by atoms with Crippen molar-refractivity contribution in [3.63, 3.8) is 0 Å². The van der Waals surface area contributed by atoms with Crippen LogP contribution >= 0.6 is 0 Å². The number of esters is 1. The molecule has 102 valence electrons. The first-order valence-corrected chi connectivity index (χ1v) is 6.08. The highest BCUT2D eigenvalue weighted by Crippen LogP contribution is 2.09. The van der Waals surface area contributed by atoms with Gasteiger partial charge in [0.2, 0.25) is 0 Å². The number of Topliss-reactive ketones (excluding diaryl/α,β-unsaturated/α-hetero) is 1. The largest absolute Gasteiger partial charge is 0.465 e. The number of benzene rings is 1. The van der Waals surface area contributed by atoms with E-state index in [0.29, 0.717) is 12.8 Å². The average Bonchev–Trinajstić information content (AvgIpc) is 2.42. The molecule has 0 aromatic heterocycles. The molecular weight excluding hydrogens is 242 g/mol. The van der Waals surface area contributed by atoms with Gasteiger partial charge in [-0.2, -0.15) is 0 Å². The molecule has 0 spiro atoms. The molecule has 19 heavy (non-hydrogen) atoms. The van der Waals surface area contributed by atoms with E-state index in [1.54, 1.807) is 19.0 Å². The van der Waals surface area contributed by atoms with Gasteiger partial charge in [-0.3, -0.25) is 4.79 Å². The molecule has 0 aliphatic heterocycles. The average molecular weight is 261 g/mol. The van der Waals surface area contributed by atoms with Crippen LogP contribution < -0.4 is 0 Å². The Morgan fingerprint density at radius 3 is 2.37 bits per heavy atom. The lowest BCUT2D eigenvalue weighted by Gasteiger charge is -2.09. The van der Waals surface area contributed by atoms with Crippen LogP contribution in [0.5, 0.6) is 0 Å². The van der Waals surface area contributed by atoms with Gasteiger partial charge in [0.05, 0.1) is 7.11 Å². The molecule has 0 bridgehead atoms. The number of methoxy groups -OCH3 is 1. The molecule has 0 fully saturated rings. The summed E-state index contributed by atoms with van der Waals surface area (Å²) in [7, 11) is 4.79. The second kappa shape index (κ2) is 7.36. The van der Waals surface area contributed by atoms with Crippen molar-refractivity contribution in [3.8, 4) is 0 Å². The van der Waals surface area contributed by atoms with E-state index >= 15 is 0 Å². The minimum absolute atomic E-state index is 0.0865. The van der Waals surface area contributed by atoms with Crippen molar-refractivity contribution in [1.82, 2.24) is 4.90 Å². The van der Waals surface area contributed by atoms with E-state index in [0.717, 1.165) is 5.56 Å². The van der Waals surface area contributed by atoms with E-state index in [1.165, 1.54) is 13.3 Å². The summed E-state index contributed by atoms with van der Waals surface area (Å²) in [4.78, 5) is 25.3. The number of carbonyl (C=O) groups is 2. The predicted molar refractivity (Wildman–Crippen MR) is 73.6 cm³/mol. The van der Waals surface area contributed by atoms with Crippen molar-refractivity contribution < 1.29 is 14.3 Å². The van der Waals surface area contributed by atoms with Gasteiger partial charge in [-0.15, -0.1) is 0 Å². The number of aryl methyl sites for hydroxylation is 1. The van der Waals surface area contributed by atoms with Crippen molar-refractivity contribution >= 4 is 11.8 Å². The summed E-state index contributed by atoms with van der Waals surface area (Å²) < 4.78 is 4.63. The van der Waals surface area contributed by atoms with Crippen LogP contribution in [0, 0.1) is 0 Å². The smallest absolute Gasteiger partial charge is 0.342 e. The molecule has 0 N–H and O–H groups in total. The van der Waals surface area contributed by atoms with Crippen LogP contribution in [-0.4, -0.2) is 37.9 Å². The maximum atomic E-state index is 12.1. The van der Waals surface area contributed by atoms with Crippen LogP contribution in [0.15, 0.2) is 42.1 Å². The summed E-state index contributed by atoms with van der Waals surface area (Å²) in [5, 5.41) is 0. The normalized spacial score (nSPS) is 11.0. The fourth-order valence-electron chi connectivity index (χ4n) is 1.64. The highest BCUT2D eigenvalue weighted by molar-refractivity contribution is 6.17. The van der Waals surface area contributed by atoms with E-state index < -0.39 is 5.97 Å². The second-order valence-corrected chi connectivity index (χ2v) is 4.41. The van der Waals surface area contributed by atoms with Gasteiger partial charge >= 0.3 is 5.97 Å². The molecule has 1 aromatic carbocycles. The minimum atomic E-state index is -0.591. The number of hydrogen-bond acceptors (Lipinski definition) is 4. The van der Waals surface area contributed by atoms with Gasteiger partial charge in [0.25, 0.3) is 0 Å². The monoisotopic (exact) mass is 261 g/mol. The Labute approximate surface area is 113 Å². The molecule has 4 nitrogen and oxygen atoms in total. The molecular formula is C15H19NO3. The molecule has 0 amide bonds. The van der Waals surface area contributed by atoms with Gasteiger partial charge in [0.1, 0.15) is 5.57 Å². The van der Waals surface area contributed by atoms with E-state index in [-0.39, 0.29) is 11.4 Å². The van der Waals surface area contributed by atoms with Crippen LogP contribution in [0.25, 0.3) is 0 Å². The van der Waals surface area contributed by atoms with E-state index in [1.807, 2.05) is 30.3 Å². The first-order valence-electron chi connectivity index (χ1n) is 6.08. The topological polar surface area (TPSA) is 46.6 Å². The van der Waals surface area contributed by atoms with Crippen LogP contribution in [0.1, 0.15) is 12.0 Å². The fourth-order valence-corrected chi connectivity index (χ4v) is 1.64. The standard InChI is InChI=1S/C15H19NO3/c1-16(2)11-13(15(18)19-3)14(17)10-9-12-7-5-4-6-8-12/h4-8,11H,9-10H2,1-3H3/b13-11-. The van der Waals surface area contributed by atoms with Crippen LogP contribution in [0.2, 0.25) is 0 Å². The predicted octanol–water partition coefficient (Wildman–Crippen LogP) is 1.81. The molecule has 0 heterocycles. The molecule has 0 atom stereocenters. The SMILES string of the molecule is COC(=O)/C(=C\N(C)C)C(=O)CCc1ccccc1. The van der Waals surface area contributed by atoms with Crippen molar-refractivity contribution in [2.24, 2.45) is 0 Å². The summed E-state index contributed by atoms with van der Waals surface area (Å²) in [5.41, 5.74) is 1.16. The van der Waals surface area contributed by atoms with Gasteiger partial charge < -0.3 is 9.64 Å². The Bertz CT molecular complexity index is 464. The second-order valence-electron chi connectivity index (χ2n) is 4.41. The molecule has 1 aromatic rings. The fraction of sp³-hybridized carbons (Fsp3) is 0.333. The Kier molecular flexibility index (Phi) is 5.79. The van der Waals surface area contributed by atoms with Gasteiger partial charge in [-0.25, -0.2) is 4.79 Å². The van der Waals surface area contributed by atoms with Gasteiger partial charge in [0.15, 0.2) is 5.78 Å². The van der Waals surface area contributed by atoms with Crippen molar-refractivity contribution in [1.29, 1.82) is 0 Å². The number of ether oxygens (including phenoxy) is 1. The van der Waals surface area contributed by atoms with Gasteiger partial charge in [0, 0.05) is 26.7 Å². The van der Waals surface area contributed by atoms with Crippen LogP contribution in [0.4, 0.5) is 0 Å². The molecule has 4 heteroatoms. The van der Waals surface area contributed by atoms with Gasteiger partial charge in [-0.1, -0.05) is 30.3 Å². The van der Waals surface area contributed by atoms with Crippen molar-refractivity contribution in [3.05, 3.63) is 47.7 Å². The summed E-state index contributed by atoms with van der Waals surface area (Å²) >= 11 is 0. The number of carbonyl (C=O) groups excluding carboxylic acids is 2. The first kappa shape index (κ1) is 15.0. The van der Waals surface area contributed by atoms with E-state index in [2.05, 4.69) is 4.74 Å². The summed E-state index contributed by atoms with van der Waals surface area (Å²) in [6, 6.07) is 9.70. The zero-order valence-electron chi connectivity index (χ0n) is 11.6. The molecule has 0 unspecified atom stereocenters. The summed E-state index contributed by atoms with van der Waals surface area (Å²) in [6.45, 7) is 0. The Hall–Kier alpha value is -2.10. The highest BCUT2D eigenvalue weighted by Gasteiger charge is 2.18. The highest BCUT2D eigenvalue weighted by atomic mass is 16.5. The van der Waals surface area contributed by atoms with Crippen LogP contribution in [-0.2, 0) is 20.7 Å². The molecule has 1 rings (SSSR count). The third kappa shape index (κ3) is 4.95. The third-order valence-corrected chi connectivity index (χ3v) is 2.58. The van der Waals surface area contributed by atoms with E-state index in [9.17, 15) is 9.59 Å². The van der Waals surface area contributed by atoms with Crippen molar-refractivity contribution in [2.45, 2.75) is 12.8 Å². The summed E-state index contributed by atoms with van der Waals surface area (Å²) in [6.07, 6.45) is 2.40. The van der Waals surface area contributed by atoms with Crippen molar-refractivity contribution in [2.75, 3.05) is 21.2 Å². The molecule has 0 saturated heterocycles. The number of hydrogen-bond donors (Lipinski definition) is 0. The maximum absolute atomic E-state index is 12.1. The number of ketones is 1. The summed E-state index contributed by atoms with van der Waals surface area (Å²) in [5.74, 6) is -0.795. The Morgan fingerprint density at radius 1 is 1.21 bits per heavy atom. The van der Waals surface area contributed by atoms with E-state index in [4.69, 9.17) is 0 Å². The third-order valence-electron chi connectivity index (χ3n) is 2.58. The Balaban J connectivity index is 2.71. The first-order chi connectivity index (χ1) is 9.04. The molecule has 0 aliphatic carbocycles. The minimum Gasteiger partial charge on any atom is -0.465 e. The zero-order chi connectivity index (χ0) is 14.3. The Morgan fingerprint density at radius 2 is 1.84 bits per heavy atom. The maximum Gasteiger partial charge on any atom is 0.342 e. The quantitative estimate of drug-likeness (QED) is 0.339. The number of nitrogens with zero attached hydrogens (tertiary/aromatic N) is 1. The lowest BCUT2D eigenvalue weighted by molar-refractivity contribution is -0.137. The van der Waals surface area contributed by atoms with Gasteiger partial charge in [-0.05, 0) is 12.0 Å². The molecule has 0 aliphatic rings. The number of rotatable bonds is 6. The lowest BCUT2D eigenvalue weighted by Crippen LogP contribution is -2.18. The lowest BCUT2D eigenvalue weighted by atomic mass is 10.0.